The van der Waals surface area contributed by atoms with Gasteiger partial charge >= 0.3 is 0 Å². The van der Waals surface area contributed by atoms with Crippen LogP contribution in [0.1, 0.15) is 36.8 Å². The summed E-state index contributed by atoms with van der Waals surface area (Å²) in [5, 5.41) is 0. The van der Waals surface area contributed by atoms with Gasteiger partial charge in [-0.05, 0) is 37.0 Å². The lowest BCUT2D eigenvalue weighted by Gasteiger charge is -2.25. The van der Waals surface area contributed by atoms with Crippen LogP contribution >= 0.6 is 0 Å². The average molecular weight is 219 g/mol. The number of benzene rings is 1. The highest BCUT2D eigenvalue weighted by molar-refractivity contribution is 5.51. The molecule has 0 aromatic heterocycles. The van der Waals surface area contributed by atoms with E-state index in [0.717, 1.165) is 29.9 Å². The number of hydrogen-bond donors (Lipinski definition) is 1. The van der Waals surface area contributed by atoms with Crippen LogP contribution in [0, 0.1) is 6.92 Å². The third-order valence-corrected chi connectivity index (χ3v) is 3.73. The van der Waals surface area contributed by atoms with E-state index in [0.29, 0.717) is 6.79 Å². The van der Waals surface area contributed by atoms with Crippen molar-refractivity contribution >= 4 is 0 Å². The van der Waals surface area contributed by atoms with Crippen LogP contribution in [0.3, 0.4) is 0 Å². The Hall–Kier alpha value is -1.22. The van der Waals surface area contributed by atoms with Gasteiger partial charge in [0, 0.05) is 5.54 Å². The molecular formula is C13H17NO2. The number of hydrogen-bond acceptors (Lipinski definition) is 3. The van der Waals surface area contributed by atoms with Gasteiger partial charge < -0.3 is 15.2 Å². The summed E-state index contributed by atoms with van der Waals surface area (Å²) in [5.41, 5.74) is 8.63. The van der Waals surface area contributed by atoms with Gasteiger partial charge in [0.05, 0.1) is 0 Å². The zero-order chi connectivity index (χ0) is 11.2. The third kappa shape index (κ3) is 1.39. The van der Waals surface area contributed by atoms with Crippen molar-refractivity contribution in [3.05, 3.63) is 23.3 Å². The molecule has 0 bridgehead atoms. The first kappa shape index (κ1) is 9.97. The highest BCUT2D eigenvalue weighted by Crippen LogP contribution is 2.43. The fourth-order valence-corrected chi connectivity index (χ4v) is 2.77. The van der Waals surface area contributed by atoms with E-state index in [-0.39, 0.29) is 5.54 Å². The summed E-state index contributed by atoms with van der Waals surface area (Å²) >= 11 is 0. The van der Waals surface area contributed by atoms with Crippen LogP contribution in [0.4, 0.5) is 0 Å². The molecule has 3 nitrogen and oxygen atoms in total. The summed E-state index contributed by atoms with van der Waals surface area (Å²) in [7, 11) is 0. The van der Waals surface area contributed by atoms with Gasteiger partial charge in [-0.15, -0.1) is 0 Å². The molecule has 1 fully saturated rings. The molecule has 3 heteroatoms. The molecule has 3 rings (SSSR count). The quantitative estimate of drug-likeness (QED) is 0.789. The minimum Gasteiger partial charge on any atom is -0.454 e. The van der Waals surface area contributed by atoms with Crippen molar-refractivity contribution in [2.75, 3.05) is 6.79 Å². The molecule has 2 aliphatic rings. The minimum absolute atomic E-state index is 0.147. The second-order valence-corrected chi connectivity index (χ2v) is 4.89. The molecule has 0 spiro atoms. The number of nitrogens with two attached hydrogens (primary N) is 1. The molecule has 1 aliphatic carbocycles. The second kappa shape index (κ2) is 3.39. The summed E-state index contributed by atoms with van der Waals surface area (Å²) in [5.74, 6) is 1.73. The van der Waals surface area contributed by atoms with Crippen molar-refractivity contribution in [1.82, 2.24) is 0 Å². The molecule has 1 aromatic rings. The monoisotopic (exact) mass is 219 g/mol. The number of aryl methyl sites for hydroxylation is 1. The summed E-state index contributed by atoms with van der Waals surface area (Å²) in [4.78, 5) is 0. The fraction of sp³-hybridized carbons (Fsp3) is 0.538. The van der Waals surface area contributed by atoms with Crippen LogP contribution in [-0.4, -0.2) is 6.79 Å². The van der Waals surface area contributed by atoms with Gasteiger partial charge in [0.1, 0.15) is 0 Å². The molecule has 1 saturated carbocycles. The van der Waals surface area contributed by atoms with E-state index in [9.17, 15) is 0 Å². The van der Waals surface area contributed by atoms with Crippen LogP contribution in [0.25, 0.3) is 0 Å². The van der Waals surface area contributed by atoms with Crippen molar-refractivity contribution in [3.8, 4) is 11.5 Å². The van der Waals surface area contributed by atoms with Crippen LogP contribution < -0.4 is 15.2 Å². The predicted octanol–water partition coefficient (Wildman–Crippen LogP) is 2.45. The predicted molar refractivity (Wildman–Crippen MR) is 61.6 cm³/mol. The molecule has 1 aliphatic heterocycles. The van der Waals surface area contributed by atoms with E-state index in [1.54, 1.807) is 0 Å². The third-order valence-electron chi connectivity index (χ3n) is 3.73. The summed E-state index contributed by atoms with van der Waals surface area (Å²) < 4.78 is 10.9. The largest absolute Gasteiger partial charge is 0.454 e. The fourth-order valence-electron chi connectivity index (χ4n) is 2.77. The highest BCUT2D eigenvalue weighted by Gasteiger charge is 2.33. The van der Waals surface area contributed by atoms with Crippen LogP contribution in [0.5, 0.6) is 11.5 Å². The lowest BCUT2D eigenvalue weighted by atomic mass is 9.88. The number of ether oxygens (including phenoxy) is 2. The van der Waals surface area contributed by atoms with Crippen LogP contribution in [0.15, 0.2) is 12.1 Å². The van der Waals surface area contributed by atoms with Gasteiger partial charge in [-0.25, -0.2) is 0 Å². The van der Waals surface area contributed by atoms with E-state index in [4.69, 9.17) is 15.2 Å². The van der Waals surface area contributed by atoms with Gasteiger partial charge in [0.15, 0.2) is 11.5 Å². The minimum atomic E-state index is -0.147. The Bertz CT molecular complexity index is 422. The summed E-state index contributed by atoms with van der Waals surface area (Å²) in [6.45, 7) is 2.38. The molecule has 0 amide bonds. The number of fused-ring (bicyclic) bond motifs is 1. The SMILES string of the molecule is Cc1cc(C2(N)CCCC2)cc2c1OCO2. The van der Waals surface area contributed by atoms with E-state index in [1.807, 2.05) is 0 Å². The highest BCUT2D eigenvalue weighted by atomic mass is 16.7. The normalized spacial score (nSPS) is 21.4. The molecule has 0 unspecified atom stereocenters. The van der Waals surface area contributed by atoms with Gasteiger partial charge in [0.25, 0.3) is 0 Å². The van der Waals surface area contributed by atoms with Gasteiger partial charge in [-0.2, -0.15) is 0 Å². The molecule has 0 atom stereocenters. The Kier molecular flexibility index (Phi) is 2.11. The first-order valence-electron chi connectivity index (χ1n) is 5.89. The average Bonchev–Trinajstić information content (AvgIpc) is 2.86. The summed E-state index contributed by atoms with van der Waals surface area (Å²) in [6.07, 6.45) is 4.60. The maximum atomic E-state index is 6.45. The lowest BCUT2D eigenvalue weighted by molar-refractivity contribution is 0.173. The molecule has 1 heterocycles. The zero-order valence-electron chi connectivity index (χ0n) is 9.58. The Balaban J connectivity index is 2.05. The Morgan fingerprint density at radius 1 is 1.19 bits per heavy atom. The topological polar surface area (TPSA) is 44.5 Å². The van der Waals surface area contributed by atoms with E-state index < -0.39 is 0 Å². The second-order valence-electron chi connectivity index (χ2n) is 4.89. The molecule has 1 aromatic carbocycles. The molecule has 0 saturated heterocycles. The van der Waals surface area contributed by atoms with Crippen LogP contribution in [0.2, 0.25) is 0 Å². The molecule has 2 N–H and O–H groups in total. The van der Waals surface area contributed by atoms with Crippen molar-refractivity contribution < 1.29 is 9.47 Å². The molecule has 86 valence electrons. The van der Waals surface area contributed by atoms with Crippen molar-refractivity contribution in [2.24, 2.45) is 5.73 Å². The first-order valence-corrected chi connectivity index (χ1v) is 5.89. The van der Waals surface area contributed by atoms with Crippen LogP contribution in [-0.2, 0) is 5.54 Å². The van der Waals surface area contributed by atoms with E-state index in [2.05, 4.69) is 19.1 Å². The van der Waals surface area contributed by atoms with Crippen molar-refractivity contribution in [3.63, 3.8) is 0 Å². The molecule has 16 heavy (non-hydrogen) atoms. The Labute approximate surface area is 95.5 Å². The standard InChI is InChI=1S/C13H17NO2/c1-9-6-10(13(14)4-2-3-5-13)7-11-12(9)16-8-15-11/h6-7H,2-5,8,14H2,1H3. The molecular weight excluding hydrogens is 202 g/mol. The smallest absolute Gasteiger partial charge is 0.231 e. The van der Waals surface area contributed by atoms with Gasteiger partial charge in [0.2, 0.25) is 6.79 Å². The lowest BCUT2D eigenvalue weighted by Crippen LogP contribution is -2.33. The first-order chi connectivity index (χ1) is 7.69. The Morgan fingerprint density at radius 2 is 1.94 bits per heavy atom. The van der Waals surface area contributed by atoms with Crippen molar-refractivity contribution in [2.45, 2.75) is 38.1 Å². The molecule has 0 radical (unpaired) electrons. The maximum absolute atomic E-state index is 6.45. The van der Waals surface area contributed by atoms with E-state index in [1.165, 1.54) is 18.4 Å². The summed E-state index contributed by atoms with van der Waals surface area (Å²) in [6, 6.07) is 4.21. The van der Waals surface area contributed by atoms with Crippen molar-refractivity contribution in [1.29, 1.82) is 0 Å². The zero-order valence-corrected chi connectivity index (χ0v) is 9.58. The van der Waals surface area contributed by atoms with Gasteiger partial charge in [-0.1, -0.05) is 18.9 Å². The van der Waals surface area contributed by atoms with E-state index >= 15 is 0 Å². The number of rotatable bonds is 1. The van der Waals surface area contributed by atoms with Gasteiger partial charge in [-0.3, -0.25) is 0 Å². The Morgan fingerprint density at radius 3 is 2.69 bits per heavy atom. The maximum Gasteiger partial charge on any atom is 0.231 e.